The molecule has 2 saturated heterocycles. The monoisotopic (exact) mass is 663 g/mol. The third-order valence-electron chi connectivity index (χ3n) is 9.54. The Kier molecular flexibility index (Phi) is 10.4. The number of rotatable bonds is 9. The number of aromatic nitrogens is 2. The molecule has 0 saturated carbocycles. The molecule has 14 heteroatoms. The second-order valence-electron chi connectivity index (χ2n) is 13.9. The molecule has 2 aromatic rings. The van der Waals surface area contributed by atoms with Gasteiger partial charge in [0.1, 0.15) is 17.9 Å². The van der Waals surface area contributed by atoms with Gasteiger partial charge in [-0.25, -0.2) is 4.79 Å². The van der Waals surface area contributed by atoms with Gasteiger partial charge in [0.25, 0.3) is 0 Å². The van der Waals surface area contributed by atoms with Crippen molar-refractivity contribution in [3.63, 3.8) is 0 Å². The average Bonchev–Trinajstić information content (AvgIpc) is 3.46. The summed E-state index contributed by atoms with van der Waals surface area (Å²) in [5, 5.41) is 22.6. The number of benzene rings is 1. The van der Waals surface area contributed by atoms with Crippen LogP contribution in [0.3, 0.4) is 0 Å². The van der Waals surface area contributed by atoms with Crippen molar-refractivity contribution in [2.24, 2.45) is 0 Å². The van der Waals surface area contributed by atoms with Crippen molar-refractivity contribution in [2.75, 3.05) is 51.8 Å². The minimum absolute atomic E-state index is 0.0128. The number of nitrogens with zero attached hydrogens (tertiary/aromatic N) is 7. The summed E-state index contributed by atoms with van der Waals surface area (Å²) in [6.45, 7) is 6.97. The van der Waals surface area contributed by atoms with Gasteiger partial charge < -0.3 is 28.9 Å². The van der Waals surface area contributed by atoms with Crippen LogP contribution in [0.15, 0.2) is 24.3 Å². The van der Waals surface area contributed by atoms with E-state index in [2.05, 4.69) is 20.9 Å². The Hall–Kier alpha value is -4.51. The van der Waals surface area contributed by atoms with Crippen molar-refractivity contribution in [1.82, 2.24) is 19.8 Å². The molecule has 3 aliphatic rings. The zero-order valence-electron chi connectivity index (χ0n) is 28.4. The predicted octanol–water partition coefficient (Wildman–Crippen LogP) is 4.19. The van der Waals surface area contributed by atoms with E-state index in [0.717, 1.165) is 36.9 Å². The summed E-state index contributed by atoms with van der Waals surface area (Å²) in [5.74, 6) is -0.463. The van der Waals surface area contributed by atoms with Gasteiger partial charge in [-0.3, -0.25) is 14.9 Å². The lowest BCUT2D eigenvalue weighted by Gasteiger charge is -2.41. The Morgan fingerprint density at radius 1 is 1.15 bits per heavy atom. The highest BCUT2D eigenvalue weighted by Gasteiger charge is 2.47. The number of carbonyl (C=O) groups is 2. The maximum absolute atomic E-state index is 13.7. The van der Waals surface area contributed by atoms with E-state index < -0.39 is 34.0 Å². The molecule has 0 spiro atoms. The number of esters is 1. The summed E-state index contributed by atoms with van der Waals surface area (Å²) in [6.07, 6.45) is 3.20. The van der Waals surface area contributed by atoms with E-state index in [1.54, 1.807) is 25.7 Å². The summed E-state index contributed by atoms with van der Waals surface area (Å²) >= 11 is 0. The highest BCUT2D eigenvalue weighted by atomic mass is 16.6. The van der Waals surface area contributed by atoms with E-state index in [-0.39, 0.29) is 61.7 Å². The maximum Gasteiger partial charge on any atom is 0.410 e. The number of fused-ring (bicyclic) bond motifs is 1. The molecule has 1 aromatic heterocycles. The normalized spacial score (nSPS) is 22.8. The van der Waals surface area contributed by atoms with Gasteiger partial charge in [0.15, 0.2) is 0 Å². The molecule has 1 aromatic carbocycles. The van der Waals surface area contributed by atoms with Gasteiger partial charge in [0.2, 0.25) is 5.82 Å². The maximum atomic E-state index is 13.7. The number of piperazine rings is 1. The van der Waals surface area contributed by atoms with E-state index in [1.165, 1.54) is 12.0 Å². The fourth-order valence-electron chi connectivity index (χ4n) is 7.18. The van der Waals surface area contributed by atoms with Crippen molar-refractivity contribution in [2.45, 2.75) is 88.8 Å². The summed E-state index contributed by atoms with van der Waals surface area (Å²) in [6, 6.07) is 9.26. The Morgan fingerprint density at radius 3 is 2.58 bits per heavy atom. The van der Waals surface area contributed by atoms with Gasteiger partial charge in [-0.2, -0.15) is 15.2 Å². The zero-order valence-corrected chi connectivity index (χ0v) is 28.4. The molecule has 0 bridgehead atoms. The number of nitro groups is 1. The highest BCUT2D eigenvalue weighted by molar-refractivity contribution is 5.85. The number of hydrogen-bond acceptors (Lipinski definition) is 12. The Balaban J connectivity index is 1.58. The molecule has 0 N–H and O–H groups in total. The van der Waals surface area contributed by atoms with Crippen LogP contribution in [0, 0.1) is 21.4 Å². The molecule has 1 aliphatic carbocycles. The molecule has 2 unspecified atom stereocenters. The Bertz CT molecular complexity index is 1570. The van der Waals surface area contributed by atoms with E-state index in [0.29, 0.717) is 19.4 Å². The molecule has 48 heavy (non-hydrogen) atoms. The van der Waals surface area contributed by atoms with Gasteiger partial charge >= 0.3 is 23.8 Å². The van der Waals surface area contributed by atoms with Crippen LogP contribution >= 0.6 is 0 Å². The SMILES string of the molecule is COC(=O)C1(Cc2nc(OCC3CCCN3C)nc(N3CCN(C(=O)OC(C)(C)C)[C@@H](CC#N)C3)c2[N+](=O)[O-])CCCc2ccccc21. The number of hydrogen-bond donors (Lipinski definition) is 0. The number of amides is 1. The highest BCUT2D eigenvalue weighted by Crippen LogP contribution is 2.44. The molecule has 14 nitrogen and oxygen atoms in total. The van der Waals surface area contributed by atoms with Gasteiger partial charge in [0.05, 0.1) is 36.0 Å². The first-order valence-electron chi connectivity index (χ1n) is 16.5. The summed E-state index contributed by atoms with van der Waals surface area (Å²) < 4.78 is 17.1. The fraction of sp³-hybridized carbons (Fsp3) is 0.618. The van der Waals surface area contributed by atoms with Crippen molar-refractivity contribution >= 4 is 23.6 Å². The molecular formula is C34H45N7O7. The molecule has 3 atom stereocenters. The largest absolute Gasteiger partial charge is 0.468 e. The van der Waals surface area contributed by atoms with E-state index in [4.69, 9.17) is 14.2 Å². The number of ether oxygens (including phenoxy) is 3. The van der Waals surface area contributed by atoms with Crippen molar-refractivity contribution in [3.05, 3.63) is 51.2 Å². The summed E-state index contributed by atoms with van der Waals surface area (Å²) in [5.41, 5.74) is -0.459. The standard InChI is InChI=1S/C34H45N7O7/c1-33(2,3)48-32(43)40-19-18-39(21-24(40)14-16-35)29-28(41(44)45)27(36-31(37-29)47-22-25-12-9-17-38(25)4)20-34(30(42)46-5)15-8-11-23-10-6-7-13-26(23)34/h6-7,10,13,24-25H,8-9,11-12,14-15,17-22H2,1-5H3/t24-,25?,34?/m0/s1. The van der Waals surface area contributed by atoms with Crippen molar-refractivity contribution < 1.29 is 28.7 Å². The molecule has 258 valence electrons. The second-order valence-corrected chi connectivity index (χ2v) is 13.9. The van der Waals surface area contributed by atoms with Gasteiger partial charge in [-0.15, -0.1) is 0 Å². The van der Waals surface area contributed by atoms with Crippen LogP contribution in [0.2, 0.25) is 0 Å². The van der Waals surface area contributed by atoms with Gasteiger partial charge in [-0.1, -0.05) is 24.3 Å². The molecule has 2 fully saturated rings. The summed E-state index contributed by atoms with van der Waals surface area (Å²) in [7, 11) is 3.35. The van der Waals surface area contributed by atoms with Crippen LogP contribution in [-0.2, 0) is 32.5 Å². The second kappa shape index (κ2) is 14.3. The number of anilines is 1. The van der Waals surface area contributed by atoms with Crippen molar-refractivity contribution in [3.8, 4) is 12.1 Å². The van der Waals surface area contributed by atoms with Crippen LogP contribution in [-0.4, -0.2) is 101 Å². The first-order chi connectivity index (χ1) is 22.9. The number of likely N-dealkylation sites (N-methyl/N-ethyl adjacent to an activating group) is 1. The van der Waals surface area contributed by atoms with Gasteiger partial charge in [-0.05, 0) is 77.6 Å². The fourth-order valence-corrected chi connectivity index (χ4v) is 7.18. The molecular weight excluding hydrogens is 618 g/mol. The smallest absolute Gasteiger partial charge is 0.410 e. The first-order valence-corrected chi connectivity index (χ1v) is 16.5. The van der Waals surface area contributed by atoms with Crippen LogP contribution in [0.1, 0.15) is 69.7 Å². The predicted molar refractivity (Wildman–Crippen MR) is 176 cm³/mol. The lowest BCUT2D eigenvalue weighted by atomic mass is 9.67. The average molecular weight is 664 g/mol. The van der Waals surface area contributed by atoms with Crippen LogP contribution in [0.5, 0.6) is 6.01 Å². The van der Waals surface area contributed by atoms with E-state index in [1.807, 2.05) is 31.3 Å². The first kappa shape index (κ1) is 34.8. The Morgan fingerprint density at radius 2 is 1.92 bits per heavy atom. The zero-order chi connectivity index (χ0) is 34.6. The van der Waals surface area contributed by atoms with Crippen LogP contribution in [0.4, 0.5) is 16.3 Å². The third-order valence-corrected chi connectivity index (χ3v) is 9.54. The molecule has 0 radical (unpaired) electrons. The van der Waals surface area contributed by atoms with E-state index in [9.17, 15) is 25.0 Å². The third kappa shape index (κ3) is 7.31. The number of carbonyl (C=O) groups excluding carboxylic acids is 2. The van der Waals surface area contributed by atoms with Crippen LogP contribution in [0.25, 0.3) is 0 Å². The topological polar surface area (TPSA) is 164 Å². The van der Waals surface area contributed by atoms with Crippen LogP contribution < -0.4 is 9.64 Å². The number of aryl methyl sites for hydroxylation is 1. The van der Waals surface area contributed by atoms with Crippen molar-refractivity contribution in [1.29, 1.82) is 5.26 Å². The Labute approximate surface area is 281 Å². The summed E-state index contributed by atoms with van der Waals surface area (Å²) in [4.78, 5) is 53.9. The molecule has 3 heterocycles. The number of nitriles is 1. The quantitative estimate of drug-likeness (QED) is 0.214. The minimum Gasteiger partial charge on any atom is -0.468 e. The van der Waals surface area contributed by atoms with E-state index >= 15 is 0 Å². The number of likely N-dealkylation sites (tertiary alicyclic amines) is 1. The minimum atomic E-state index is -1.21. The van der Waals surface area contributed by atoms with Gasteiger partial charge in [0, 0.05) is 32.1 Å². The molecule has 5 rings (SSSR count). The molecule has 2 aliphatic heterocycles. The number of methoxy groups -OCH3 is 1. The lowest BCUT2D eigenvalue weighted by Crippen LogP contribution is -2.56. The lowest BCUT2D eigenvalue weighted by molar-refractivity contribution is -0.385. The molecule has 1 amide bonds.